The lowest BCUT2D eigenvalue weighted by molar-refractivity contribution is -0.121. The zero-order valence-corrected chi connectivity index (χ0v) is 13.2. The fourth-order valence-corrected chi connectivity index (χ4v) is 2.16. The predicted molar refractivity (Wildman–Crippen MR) is 90.4 cm³/mol. The summed E-state index contributed by atoms with van der Waals surface area (Å²) in [5.41, 5.74) is 7.35. The Morgan fingerprint density at radius 1 is 1.09 bits per heavy atom. The molecule has 0 aliphatic heterocycles. The molecule has 0 aliphatic rings. The van der Waals surface area contributed by atoms with Crippen LogP contribution in [0, 0.1) is 0 Å². The van der Waals surface area contributed by atoms with Crippen molar-refractivity contribution in [2.75, 3.05) is 19.5 Å². The second-order valence-electron chi connectivity index (χ2n) is 5.08. The second-order valence-corrected chi connectivity index (χ2v) is 5.08. The number of para-hydroxylation sites is 3. The van der Waals surface area contributed by atoms with E-state index in [1.807, 2.05) is 42.5 Å². The molecule has 23 heavy (non-hydrogen) atoms. The largest absolute Gasteiger partial charge is 0.496 e. The Kier molecular flexibility index (Phi) is 6.29. The number of hydrogen-bond acceptors (Lipinski definition) is 4. The lowest BCUT2D eigenvalue weighted by atomic mass is 10.2. The van der Waals surface area contributed by atoms with Crippen LogP contribution in [-0.4, -0.2) is 19.6 Å². The summed E-state index contributed by atoms with van der Waals surface area (Å²) in [5, 5.41) is 2.88. The van der Waals surface area contributed by atoms with Crippen molar-refractivity contribution in [3.05, 3.63) is 54.1 Å². The van der Waals surface area contributed by atoms with E-state index in [1.165, 1.54) is 0 Å². The van der Waals surface area contributed by atoms with E-state index in [2.05, 4.69) is 5.32 Å². The maximum absolute atomic E-state index is 11.9. The molecular formula is C18H22N2O3. The average molecular weight is 314 g/mol. The van der Waals surface area contributed by atoms with Gasteiger partial charge in [0, 0.05) is 18.5 Å². The highest BCUT2D eigenvalue weighted by molar-refractivity contribution is 5.75. The normalized spacial score (nSPS) is 10.1. The summed E-state index contributed by atoms with van der Waals surface area (Å²) in [6, 6.07) is 14.9. The maximum atomic E-state index is 11.9. The van der Waals surface area contributed by atoms with Crippen LogP contribution in [0.25, 0.3) is 0 Å². The molecule has 0 saturated carbocycles. The molecule has 122 valence electrons. The van der Waals surface area contributed by atoms with Gasteiger partial charge in [-0.3, -0.25) is 4.79 Å². The van der Waals surface area contributed by atoms with Crippen LogP contribution in [0.15, 0.2) is 48.5 Å². The molecule has 0 heterocycles. The maximum Gasteiger partial charge on any atom is 0.220 e. The van der Waals surface area contributed by atoms with E-state index in [0.717, 1.165) is 11.3 Å². The van der Waals surface area contributed by atoms with E-state index in [9.17, 15) is 4.79 Å². The Morgan fingerprint density at radius 2 is 1.78 bits per heavy atom. The Bertz CT molecular complexity index is 644. The van der Waals surface area contributed by atoms with Crippen LogP contribution in [0.1, 0.15) is 18.4 Å². The Balaban J connectivity index is 1.68. The quantitative estimate of drug-likeness (QED) is 0.580. The molecule has 0 bridgehead atoms. The van der Waals surface area contributed by atoms with Crippen molar-refractivity contribution in [2.45, 2.75) is 19.4 Å². The van der Waals surface area contributed by atoms with Crippen molar-refractivity contribution in [3.63, 3.8) is 0 Å². The minimum absolute atomic E-state index is 0.0134. The van der Waals surface area contributed by atoms with Gasteiger partial charge in [-0.15, -0.1) is 0 Å². The summed E-state index contributed by atoms with van der Waals surface area (Å²) in [4.78, 5) is 11.9. The van der Waals surface area contributed by atoms with Crippen molar-refractivity contribution in [1.82, 2.24) is 5.32 Å². The molecule has 0 saturated heterocycles. The topological polar surface area (TPSA) is 73.6 Å². The van der Waals surface area contributed by atoms with Gasteiger partial charge in [-0.2, -0.15) is 0 Å². The van der Waals surface area contributed by atoms with E-state index < -0.39 is 0 Å². The third-order valence-electron chi connectivity index (χ3n) is 3.39. The molecule has 0 fully saturated rings. The Labute approximate surface area is 136 Å². The zero-order chi connectivity index (χ0) is 16.5. The van der Waals surface area contributed by atoms with Gasteiger partial charge in [0.1, 0.15) is 11.5 Å². The summed E-state index contributed by atoms with van der Waals surface area (Å²) in [6.07, 6.45) is 1.04. The number of benzene rings is 2. The van der Waals surface area contributed by atoms with Crippen molar-refractivity contribution in [3.8, 4) is 11.5 Å². The number of rotatable bonds is 8. The molecule has 0 unspecified atom stereocenters. The van der Waals surface area contributed by atoms with Gasteiger partial charge in [0.05, 0.1) is 19.4 Å². The molecule has 0 atom stereocenters. The number of amides is 1. The first-order chi connectivity index (χ1) is 11.2. The van der Waals surface area contributed by atoms with Crippen LogP contribution < -0.4 is 20.5 Å². The molecule has 0 spiro atoms. The van der Waals surface area contributed by atoms with Gasteiger partial charge >= 0.3 is 0 Å². The molecule has 3 N–H and O–H groups in total. The molecule has 0 radical (unpaired) electrons. The highest BCUT2D eigenvalue weighted by Gasteiger charge is 2.05. The van der Waals surface area contributed by atoms with E-state index in [1.54, 1.807) is 13.2 Å². The molecule has 2 aromatic rings. The third-order valence-corrected chi connectivity index (χ3v) is 3.39. The van der Waals surface area contributed by atoms with Gasteiger partial charge in [-0.1, -0.05) is 30.3 Å². The number of nitrogen functional groups attached to an aromatic ring is 1. The summed E-state index contributed by atoms with van der Waals surface area (Å²) in [7, 11) is 1.62. The molecule has 2 rings (SSSR count). The van der Waals surface area contributed by atoms with Crippen LogP contribution >= 0.6 is 0 Å². The number of hydrogen-bond donors (Lipinski definition) is 2. The fourth-order valence-electron chi connectivity index (χ4n) is 2.16. The average Bonchev–Trinajstić information content (AvgIpc) is 2.58. The molecule has 1 amide bonds. The van der Waals surface area contributed by atoms with Crippen LogP contribution in [0.3, 0.4) is 0 Å². The number of carbonyl (C=O) groups excluding carboxylic acids is 1. The van der Waals surface area contributed by atoms with Crippen LogP contribution in [-0.2, 0) is 11.3 Å². The van der Waals surface area contributed by atoms with Gasteiger partial charge in [0.15, 0.2) is 0 Å². The zero-order valence-electron chi connectivity index (χ0n) is 13.2. The van der Waals surface area contributed by atoms with Crippen LogP contribution in [0.2, 0.25) is 0 Å². The SMILES string of the molecule is COc1ccccc1CNC(=O)CCCOc1ccccc1N. The minimum Gasteiger partial charge on any atom is -0.496 e. The minimum atomic E-state index is -0.0134. The van der Waals surface area contributed by atoms with Crippen molar-refractivity contribution >= 4 is 11.6 Å². The summed E-state index contributed by atoms with van der Waals surface area (Å²) >= 11 is 0. The fraction of sp³-hybridized carbons (Fsp3) is 0.278. The number of methoxy groups -OCH3 is 1. The Hall–Kier alpha value is -2.69. The monoisotopic (exact) mass is 314 g/mol. The Morgan fingerprint density at radius 3 is 2.52 bits per heavy atom. The standard InChI is InChI=1S/C18H22N2O3/c1-22-16-9-4-2-7-14(16)13-20-18(21)11-6-12-23-17-10-5-3-8-15(17)19/h2-5,7-10H,6,11-13,19H2,1H3,(H,20,21). The molecule has 5 heteroatoms. The van der Waals surface area contributed by atoms with Crippen LogP contribution in [0.4, 0.5) is 5.69 Å². The first-order valence-electron chi connectivity index (χ1n) is 7.56. The summed E-state index contributed by atoms with van der Waals surface area (Å²) in [5.74, 6) is 1.41. The highest BCUT2D eigenvalue weighted by Crippen LogP contribution is 2.20. The van der Waals surface area contributed by atoms with Crippen molar-refractivity contribution in [2.24, 2.45) is 0 Å². The first-order valence-corrected chi connectivity index (χ1v) is 7.56. The van der Waals surface area contributed by atoms with E-state index in [4.69, 9.17) is 15.2 Å². The van der Waals surface area contributed by atoms with Gasteiger partial charge in [0.25, 0.3) is 0 Å². The number of carbonyl (C=O) groups is 1. The molecule has 5 nitrogen and oxygen atoms in total. The molecule has 0 aliphatic carbocycles. The van der Waals surface area contributed by atoms with Crippen molar-refractivity contribution in [1.29, 1.82) is 0 Å². The number of nitrogens with two attached hydrogens (primary N) is 1. The summed E-state index contributed by atoms with van der Waals surface area (Å²) in [6.45, 7) is 0.908. The summed E-state index contributed by atoms with van der Waals surface area (Å²) < 4.78 is 10.8. The molecular weight excluding hydrogens is 292 g/mol. The van der Waals surface area contributed by atoms with Gasteiger partial charge in [-0.25, -0.2) is 0 Å². The third kappa shape index (κ3) is 5.21. The smallest absolute Gasteiger partial charge is 0.220 e. The highest BCUT2D eigenvalue weighted by atomic mass is 16.5. The molecule has 2 aromatic carbocycles. The second kappa shape index (κ2) is 8.68. The molecule has 0 aromatic heterocycles. The van der Waals surface area contributed by atoms with Crippen molar-refractivity contribution < 1.29 is 14.3 Å². The van der Waals surface area contributed by atoms with Gasteiger partial charge in [-0.05, 0) is 24.6 Å². The number of nitrogens with one attached hydrogen (secondary N) is 1. The van der Waals surface area contributed by atoms with E-state index in [-0.39, 0.29) is 5.91 Å². The lowest BCUT2D eigenvalue weighted by Crippen LogP contribution is -2.23. The van der Waals surface area contributed by atoms with Crippen LogP contribution in [0.5, 0.6) is 11.5 Å². The number of anilines is 1. The van der Waals surface area contributed by atoms with E-state index >= 15 is 0 Å². The van der Waals surface area contributed by atoms with Gasteiger partial charge < -0.3 is 20.5 Å². The lowest BCUT2D eigenvalue weighted by Gasteiger charge is -2.10. The predicted octanol–water partition coefficient (Wildman–Crippen LogP) is 2.75. The number of ether oxygens (including phenoxy) is 2. The first kappa shape index (κ1) is 16.7. The van der Waals surface area contributed by atoms with E-state index in [0.29, 0.717) is 37.4 Å². The van der Waals surface area contributed by atoms with Gasteiger partial charge in [0.2, 0.25) is 5.91 Å².